The number of ether oxygens (including phenoxy) is 1. The van der Waals surface area contributed by atoms with Crippen LogP contribution in [-0.4, -0.2) is 12.1 Å². The summed E-state index contributed by atoms with van der Waals surface area (Å²) in [6.45, 7) is 4.07. The van der Waals surface area contributed by atoms with Crippen LogP contribution in [-0.2, 0) is 0 Å². The van der Waals surface area contributed by atoms with Gasteiger partial charge in [-0.15, -0.1) is 0 Å². The van der Waals surface area contributed by atoms with Crippen LogP contribution in [0.5, 0.6) is 5.75 Å². The number of rotatable bonds is 3. The zero-order chi connectivity index (χ0) is 13.3. The molecule has 0 amide bonds. The van der Waals surface area contributed by atoms with E-state index in [1.165, 1.54) is 0 Å². The summed E-state index contributed by atoms with van der Waals surface area (Å²) in [5.74, 6) is 1.71. The van der Waals surface area contributed by atoms with Gasteiger partial charge in [-0.1, -0.05) is 29.8 Å². The van der Waals surface area contributed by atoms with Crippen molar-refractivity contribution >= 4 is 21.9 Å². The largest absolute Gasteiger partial charge is 0.496 e. The first-order chi connectivity index (χ1) is 8.52. The fourth-order valence-electron chi connectivity index (χ4n) is 1.80. The molecule has 1 heterocycles. The highest BCUT2D eigenvalue weighted by Crippen LogP contribution is 2.37. The van der Waals surface area contributed by atoms with Crippen LogP contribution in [0.25, 0.3) is 11.3 Å². The Kier molecular flexibility index (Phi) is 3.61. The van der Waals surface area contributed by atoms with Gasteiger partial charge in [0.2, 0.25) is 0 Å². The second-order valence-corrected chi connectivity index (χ2v) is 5.18. The zero-order valence-corrected chi connectivity index (χ0v) is 12.1. The van der Waals surface area contributed by atoms with Gasteiger partial charge in [0.1, 0.15) is 17.2 Å². The number of hydrogen-bond acceptors (Lipinski definition) is 4. The van der Waals surface area contributed by atoms with Crippen LogP contribution in [0.15, 0.2) is 27.1 Å². The molecule has 2 aromatic rings. The molecule has 1 aromatic carbocycles. The van der Waals surface area contributed by atoms with Crippen molar-refractivity contribution in [3.05, 3.63) is 28.4 Å². The van der Waals surface area contributed by atoms with Gasteiger partial charge in [-0.3, -0.25) is 0 Å². The normalized spacial score (nSPS) is 10.9. The molecule has 2 rings (SSSR count). The third-order valence-corrected chi connectivity index (χ3v) is 3.10. The molecule has 96 valence electrons. The summed E-state index contributed by atoms with van der Waals surface area (Å²) >= 11 is 3.45. The number of hydrogen-bond donors (Lipinski definition) is 1. The fraction of sp³-hybridized carbons (Fsp3) is 0.308. The van der Waals surface area contributed by atoms with E-state index in [1.54, 1.807) is 7.11 Å². The number of nitrogens with two attached hydrogens (primary N) is 1. The van der Waals surface area contributed by atoms with Crippen LogP contribution in [0.1, 0.15) is 25.5 Å². The molecule has 0 aliphatic rings. The molecule has 1 aromatic heterocycles. The van der Waals surface area contributed by atoms with Crippen molar-refractivity contribution in [3.8, 4) is 17.0 Å². The third-order valence-electron chi connectivity index (χ3n) is 2.61. The average molecular weight is 311 g/mol. The monoisotopic (exact) mass is 310 g/mol. The molecule has 0 spiro atoms. The minimum absolute atomic E-state index is 0.177. The Morgan fingerprint density at radius 2 is 2.11 bits per heavy atom. The summed E-state index contributed by atoms with van der Waals surface area (Å²) in [4.78, 5) is 4.26. The van der Waals surface area contributed by atoms with Crippen molar-refractivity contribution in [2.45, 2.75) is 19.8 Å². The van der Waals surface area contributed by atoms with Gasteiger partial charge in [-0.05, 0) is 18.2 Å². The number of aromatic nitrogens is 1. The van der Waals surface area contributed by atoms with E-state index in [4.69, 9.17) is 14.9 Å². The number of halogens is 1. The van der Waals surface area contributed by atoms with Crippen LogP contribution in [0.2, 0.25) is 0 Å². The maximum absolute atomic E-state index is 5.65. The van der Waals surface area contributed by atoms with Crippen molar-refractivity contribution in [2.24, 2.45) is 0 Å². The van der Waals surface area contributed by atoms with Crippen LogP contribution in [0.4, 0.5) is 6.01 Å². The van der Waals surface area contributed by atoms with Crippen LogP contribution < -0.4 is 10.5 Å². The second-order valence-electron chi connectivity index (χ2n) is 4.26. The lowest BCUT2D eigenvalue weighted by molar-refractivity contribution is 0.416. The van der Waals surface area contributed by atoms with Gasteiger partial charge in [0.25, 0.3) is 6.01 Å². The van der Waals surface area contributed by atoms with Crippen LogP contribution >= 0.6 is 15.9 Å². The summed E-state index contributed by atoms with van der Waals surface area (Å²) in [6.07, 6.45) is 0. The molecule has 0 bridgehead atoms. The highest BCUT2D eigenvalue weighted by atomic mass is 79.9. The van der Waals surface area contributed by atoms with E-state index in [1.807, 2.05) is 32.0 Å². The van der Waals surface area contributed by atoms with E-state index in [0.29, 0.717) is 0 Å². The van der Waals surface area contributed by atoms with Gasteiger partial charge in [0, 0.05) is 16.0 Å². The van der Waals surface area contributed by atoms with Crippen LogP contribution in [0, 0.1) is 0 Å². The number of methoxy groups -OCH3 is 1. The Morgan fingerprint density at radius 3 is 2.72 bits per heavy atom. The van der Waals surface area contributed by atoms with E-state index in [-0.39, 0.29) is 11.9 Å². The first-order valence-electron chi connectivity index (χ1n) is 5.63. The maximum atomic E-state index is 5.65. The molecule has 0 saturated heterocycles. The number of oxazole rings is 1. The Morgan fingerprint density at radius 1 is 1.39 bits per heavy atom. The quantitative estimate of drug-likeness (QED) is 0.936. The third kappa shape index (κ3) is 2.36. The van der Waals surface area contributed by atoms with Gasteiger partial charge in [0.05, 0.1) is 7.11 Å². The smallest absolute Gasteiger partial charge is 0.292 e. The number of nitrogen functional groups attached to an aromatic ring is 1. The minimum atomic E-state index is 0.177. The molecule has 0 atom stereocenters. The van der Waals surface area contributed by atoms with Gasteiger partial charge in [-0.25, -0.2) is 0 Å². The first kappa shape index (κ1) is 13.0. The first-order valence-corrected chi connectivity index (χ1v) is 6.42. The topological polar surface area (TPSA) is 61.3 Å². The molecule has 18 heavy (non-hydrogen) atoms. The lowest BCUT2D eigenvalue weighted by Crippen LogP contribution is -1.93. The summed E-state index contributed by atoms with van der Waals surface area (Å²) in [7, 11) is 1.63. The standard InChI is InChI=1S/C13H15BrN2O2/c1-7(2)12-11(16-13(15)18-12)9-6-8(14)4-5-10(9)17-3/h4-7H,1-3H3,(H2,15,16). The SMILES string of the molecule is COc1ccc(Br)cc1-c1nc(N)oc1C(C)C. The second kappa shape index (κ2) is 5.02. The predicted octanol–water partition coefficient (Wildman–Crippen LogP) is 3.82. The summed E-state index contributed by atoms with van der Waals surface area (Å²) in [6, 6.07) is 5.92. The van der Waals surface area contributed by atoms with E-state index >= 15 is 0 Å². The molecular formula is C13H15BrN2O2. The molecule has 0 radical (unpaired) electrons. The van der Waals surface area contributed by atoms with E-state index < -0.39 is 0 Å². The van der Waals surface area contributed by atoms with E-state index in [9.17, 15) is 0 Å². The molecule has 5 heteroatoms. The summed E-state index contributed by atoms with van der Waals surface area (Å²) < 4.78 is 11.8. The Bertz CT molecular complexity index is 564. The van der Waals surface area contributed by atoms with Crippen LogP contribution in [0.3, 0.4) is 0 Å². The fourth-order valence-corrected chi connectivity index (χ4v) is 2.16. The van der Waals surface area contributed by atoms with Gasteiger partial charge in [0.15, 0.2) is 0 Å². The Hall–Kier alpha value is -1.49. The number of anilines is 1. The van der Waals surface area contributed by atoms with Gasteiger partial charge in [-0.2, -0.15) is 4.98 Å². The summed E-state index contributed by atoms with van der Waals surface area (Å²) in [5, 5.41) is 0. The predicted molar refractivity (Wildman–Crippen MR) is 74.7 cm³/mol. The highest BCUT2D eigenvalue weighted by molar-refractivity contribution is 9.10. The van der Waals surface area contributed by atoms with Crippen molar-refractivity contribution in [3.63, 3.8) is 0 Å². The Labute approximate surface area is 114 Å². The molecule has 0 aliphatic heterocycles. The van der Waals surface area contributed by atoms with E-state index in [2.05, 4.69) is 20.9 Å². The van der Waals surface area contributed by atoms with Crippen molar-refractivity contribution in [1.82, 2.24) is 4.98 Å². The molecule has 0 aliphatic carbocycles. The van der Waals surface area contributed by atoms with Crippen molar-refractivity contribution in [2.75, 3.05) is 12.8 Å². The van der Waals surface area contributed by atoms with Gasteiger partial charge >= 0.3 is 0 Å². The molecule has 0 fully saturated rings. The maximum Gasteiger partial charge on any atom is 0.292 e. The lowest BCUT2D eigenvalue weighted by atomic mass is 10.0. The van der Waals surface area contributed by atoms with Crippen molar-refractivity contribution < 1.29 is 9.15 Å². The van der Waals surface area contributed by atoms with Crippen molar-refractivity contribution in [1.29, 1.82) is 0 Å². The van der Waals surface area contributed by atoms with Gasteiger partial charge < -0.3 is 14.9 Å². The molecule has 4 nitrogen and oxygen atoms in total. The molecule has 2 N–H and O–H groups in total. The molecule has 0 saturated carbocycles. The minimum Gasteiger partial charge on any atom is -0.496 e. The number of benzene rings is 1. The lowest BCUT2D eigenvalue weighted by Gasteiger charge is -2.09. The Balaban J connectivity index is 2.64. The molecular weight excluding hydrogens is 296 g/mol. The highest BCUT2D eigenvalue weighted by Gasteiger charge is 2.19. The van der Waals surface area contributed by atoms with E-state index in [0.717, 1.165) is 27.2 Å². The zero-order valence-electron chi connectivity index (χ0n) is 10.5. The number of nitrogens with zero attached hydrogens (tertiary/aromatic N) is 1. The average Bonchev–Trinajstić information content (AvgIpc) is 2.71. The summed E-state index contributed by atoms with van der Waals surface area (Å²) in [5.41, 5.74) is 7.26. The molecule has 0 unspecified atom stereocenters.